The summed E-state index contributed by atoms with van der Waals surface area (Å²) in [6.07, 6.45) is 8.20. The number of aromatic nitrogens is 2. The standard InChI is InChI=1S/C19H24N4O3S2/c1-23(15-8-3-2-4-9-15)28(25,26)17-11-6-5-10-16(17)22-18(24)14-27-19-20-12-7-13-21-19/h5-7,10-13,15H,2-4,8-9,14H2,1H3,(H,22,24). The van der Waals surface area contributed by atoms with Gasteiger partial charge in [-0.15, -0.1) is 0 Å². The molecular weight excluding hydrogens is 396 g/mol. The summed E-state index contributed by atoms with van der Waals surface area (Å²) in [4.78, 5) is 20.6. The summed E-state index contributed by atoms with van der Waals surface area (Å²) < 4.78 is 27.8. The van der Waals surface area contributed by atoms with Gasteiger partial charge in [-0.05, 0) is 31.0 Å². The quantitative estimate of drug-likeness (QED) is 0.546. The van der Waals surface area contributed by atoms with Crippen molar-refractivity contribution < 1.29 is 13.2 Å². The third kappa shape index (κ3) is 5.09. The fourth-order valence-corrected chi connectivity index (χ4v) is 5.43. The topological polar surface area (TPSA) is 92.3 Å². The first kappa shape index (κ1) is 20.8. The summed E-state index contributed by atoms with van der Waals surface area (Å²) >= 11 is 1.20. The van der Waals surface area contributed by atoms with Crippen molar-refractivity contribution in [2.24, 2.45) is 0 Å². The number of benzene rings is 1. The molecule has 0 radical (unpaired) electrons. The molecule has 28 heavy (non-hydrogen) atoms. The van der Waals surface area contributed by atoms with Gasteiger partial charge in [-0.1, -0.05) is 43.2 Å². The van der Waals surface area contributed by atoms with Crippen molar-refractivity contribution in [2.45, 2.75) is 48.2 Å². The van der Waals surface area contributed by atoms with Crippen LogP contribution < -0.4 is 5.32 Å². The first-order valence-corrected chi connectivity index (χ1v) is 11.7. The van der Waals surface area contributed by atoms with Gasteiger partial charge in [-0.2, -0.15) is 4.31 Å². The minimum absolute atomic E-state index is 0.00768. The highest BCUT2D eigenvalue weighted by Crippen LogP contribution is 2.30. The highest BCUT2D eigenvalue weighted by Gasteiger charge is 2.30. The van der Waals surface area contributed by atoms with E-state index < -0.39 is 10.0 Å². The predicted octanol–water partition coefficient (Wildman–Crippen LogP) is 3.16. The van der Waals surface area contributed by atoms with Crippen molar-refractivity contribution in [3.05, 3.63) is 42.7 Å². The highest BCUT2D eigenvalue weighted by atomic mass is 32.2. The van der Waals surface area contributed by atoms with Gasteiger partial charge in [0.1, 0.15) is 4.90 Å². The number of thioether (sulfide) groups is 1. The second-order valence-corrected chi connectivity index (χ2v) is 9.59. The largest absolute Gasteiger partial charge is 0.324 e. The molecule has 1 fully saturated rings. The highest BCUT2D eigenvalue weighted by molar-refractivity contribution is 7.99. The Balaban J connectivity index is 1.72. The maximum atomic E-state index is 13.2. The van der Waals surface area contributed by atoms with Gasteiger partial charge in [0.2, 0.25) is 15.9 Å². The molecule has 0 spiro atoms. The third-order valence-electron chi connectivity index (χ3n) is 4.78. The van der Waals surface area contributed by atoms with E-state index in [4.69, 9.17) is 0 Å². The van der Waals surface area contributed by atoms with Crippen molar-refractivity contribution in [3.63, 3.8) is 0 Å². The fraction of sp³-hybridized carbons (Fsp3) is 0.421. The van der Waals surface area contributed by atoms with Gasteiger partial charge < -0.3 is 5.32 Å². The molecule has 1 aromatic heterocycles. The second kappa shape index (κ2) is 9.49. The smallest absolute Gasteiger partial charge is 0.245 e. The fourth-order valence-electron chi connectivity index (χ4n) is 3.27. The lowest BCUT2D eigenvalue weighted by Crippen LogP contribution is -2.38. The van der Waals surface area contributed by atoms with Crippen molar-refractivity contribution in [1.29, 1.82) is 0 Å². The van der Waals surface area contributed by atoms with Crippen LogP contribution in [-0.4, -0.2) is 47.4 Å². The number of para-hydroxylation sites is 1. The van der Waals surface area contributed by atoms with Gasteiger partial charge in [-0.3, -0.25) is 4.79 Å². The van der Waals surface area contributed by atoms with E-state index in [1.165, 1.54) is 22.1 Å². The molecule has 0 atom stereocenters. The molecule has 1 N–H and O–H groups in total. The van der Waals surface area contributed by atoms with Gasteiger partial charge in [0.15, 0.2) is 5.16 Å². The second-order valence-electron chi connectivity index (χ2n) is 6.68. The number of hydrogen-bond acceptors (Lipinski definition) is 6. The van der Waals surface area contributed by atoms with Crippen LogP contribution in [0.3, 0.4) is 0 Å². The molecule has 0 unspecified atom stereocenters. The minimum atomic E-state index is -3.69. The van der Waals surface area contributed by atoms with E-state index in [9.17, 15) is 13.2 Å². The molecule has 1 amide bonds. The number of amides is 1. The summed E-state index contributed by atoms with van der Waals surface area (Å²) in [6.45, 7) is 0. The van der Waals surface area contributed by atoms with E-state index in [1.807, 2.05) is 0 Å². The van der Waals surface area contributed by atoms with Crippen LogP contribution >= 0.6 is 11.8 Å². The third-order valence-corrected chi connectivity index (χ3v) is 7.63. The van der Waals surface area contributed by atoms with E-state index in [2.05, 4.69) is 15.3 Å². The average molecular weight is 421 g/mol. The summed E-state index contributed by atoms with van der Waals surface area (Å²) in [7, 11) is -2.06. The molecule has 0 aliphatic heterocycles. The van der Waals surface area contributed by atoms with Gasteiger partial charge in [0.05, 0.1) is 11.4 Å². The van der Waals surface area contributed by atoms with Crippen LogP contribution in [0.4, 0.5) is 5.69 Å². The molecule has 7 nitrogen and oxygen atoms in total. The Hall–Kier alpha value is -1.97. The van der Waals surface area contributed by atoms with Crippen molar-refractivity contribution in [3.8, 4) is 0 Å². The van der Waals surface area contributed by atoms with Crippen molar-refractivity contribution >= 4 is 33.4 Å². The summed E-state index contributed by atoms with van der Waals surface area (Å²) in [5, 5.41) is 3.22. The number of carbonyl (C=O) groups excluding carboxylic acids is 1. The molecule has 1 aliphatic carbocycles. The summed E-state index contributed by atoms with van der Waals surface area (Å²) in [5.41, 5.74) is 0.296. The average Bonchev–Trinajstić information content (AvgIpc) is 2.73. The van der Waals surface area contributed by atoms with E-state index in [-0.39, 0.29) is 22.6 Å². The van der Waals surface area contributed by atoms with E-state index in [0.29, 0.717) is 10.8 Å². The normalized spacial score (nSPS) is 15.5. The summed E-state index contributed by atoms with van der Waals surface area (Å²) in [5.74, 6) is -0.211. The van der Waals surface area contributed by atoms with Gasteiger partial charge in [0, 0.05) is 25.5 Å². The van der Waals surface area contributed by atoms with Crippen molar-refractivity contribution in [1.82, 2.24) is 14.3 Å². The van der Waals surface area contributed by atoms with E-state index >= 15 is 0 Å². The van der Waals surface area contributed by atoms with E-state index in [1.54, 1.807) is 43.7 Å². The molecule has 1 heterocycles. The Kier molecular flexibility index (Phi) is 7.03. The maximum absolute atomic E-state index is 13.2. The van der Waals surface area contributed by atoms with Crippen molar-refractivity contribution in [2.75, 3.05) is 18.1 Å². The Bertz CT molecular complexity index is 900. The van der Waals surface area contributed by atoms with Crippen LogP contribution in [0.1, 0.15) is 32.1 Å². The Morgan fingerprint density at radius 3 is 2.54 bits per heavy atom. The lowest BCUT2D eigenvalue weighted by Gasteiger charge is -2.30. The van der Waals surface area contributed by atoms with Crippen LogP contribution in [0.15, 0.2) is 52.8 Å². The first-order chi connectivity index (χ1) is 13.5. The predicted molar refractivity (Wildman–Crippen MR) is 110 cm³/mol. The molecule has 0 saturated heterocycles. The van der Waals surface area contributed by atoms with Gasteiger partial charge >= 0.3 is 0 Å². The molecule has 3 rings (SSSR count). The first-order valence-electron chi connectivity index (χ1n) is 9.25. The van der Waals surface area contributed by atoms with Gasteiger partial charge in [0.25, 0.3) is 0 Å². The molecule has 9 heteroatoms. The molecule has 1 aromatic carbocycles. The molecule has 1 saturated carbocycles. The Morgan fingerprint density at radius 2 is 1.82 bits per heavy atom. The van der Waals surface area contributed by atoms with Crippen LogP contribution in [0.25, 0.3) is 0 Å². The number of nitrogens with zero attached hydrogens (tertiary/aromatic N) is 3. The Labute approximate surface area is 170 Å². The van der Waals surface area contributed by atoms with Crippen LogP contribution in [-0.2, 0) is 14.8 Å². The summed E-state index contributed by atoms with van der Waals surface area (Å²) in [6, 6.07) is 8.25. The maximum Gasteiger partial charge on any atom is 0.245 e. The molecular formula is C19H24N4O3S2. The number of nitrogens with one attached hydrogen (secondary N) is 1. The zero-order valence-electron chi connectivity index (χ0n) is 15.7. The SMILES string of the molecule is CN(C1CCCCC1)S(=O)(=O)c1ccccc1NC(=O)CSc1ncccn1. The number of hydrogen-bond donors (Lipinski definition) is 1. The van der Waals surface area contributed by atoms with Crippen LogP contribution in [0, 0.1) is 0 Å². The number of rotatable bonds is 7. The molecule has 2 aromatic rings. The lowest BCUT2D eigenvalue weighted by molar-refractivity contribution is -0.113. The minimum Gasteiger partial charge on any atom is -0.324 e. The zero-order valence-corrected chi connectivity index (χ0v) is 17.4. The number of carbonyl (C=O) groups is 1. The number of anilines is 1. The van der Waals surface area contributed by atoms with E-state index in [0.717, 1.165) is 32.1 Å². The van der Waals surface area contributed by atoms with Crippen LogP contribution in [0.2, 0.25) is 0 Å². The van der Waals surface area contributed by atoms with Gasteiger partial charge in [-0.25, -0.2) is 18.4 Å². The zero-order chi connectivity index (χ0) is 20.0. The molecule has 1 aliphatic rings. The monoisotopic (exact) mass is 420 g/mol. The Morgan fingerprint density at radius 1 is 1.14 bits per heavy atom. The molecule has 150 valence electrons. The molecule has 0 bridgehead atoms. The lowest BCUT2D eigenvalue weighted by atomic mass is 9.96. The van der Waals surface area contributed by atoms with Crippen LogP contribution in [0.5, 0.6) is 0 Å². The number of sulfonamides is 1.